The number of nitrogens with one attached hydrogen (secondary N) is 3. The fraction of sp³-hybridized carbons (Fsp3) is 1.00. The van der Waals surface area contributed by atoms with Crippen LogP contribution in [0.25, 0.3) is 0 Å². The highest BCUT2D eigenvalue weighted by molar-refractivity contribution is 4.56. The van der Waals surface area contributed by atoms with E-state index < -0.39 is 0 Å². The van der Waals surface area contributed by atoms with E-state index in [-0.39, 0.29) is 0 Å². The van der Waals surface area contributed by atoms with E-state index in [4.69, 9.17) is 0 Å². The maximum atomic E-state index is 3.47. The summed E-state index contributed by atoms with van der Waals surface area (Å²) in [5.74, 6) is 0. The molecule has 0 aromatic carbocycles. The molecule has 0 saturated heterocycles. The second-order valence-electron chi connectivity index (χ2n) is 4.67. The Balaban J connectivity index is 2.88. The van der Waals surface area contributed by atoms with E-state index in [1.165, 1.54) is 32.2 Å². The van der Waals surface area contributed by atoms with Crippen molar-refractivity contribution in [3.63, 3.8) is 0 Å². The van der Waals surface area contributed by atoms with Crippen molar-refractivity contribution in [2.75, 3.05) is 32.7 Å². The first-order chi connectivity index (χ1) is 7.77. The Morgan fingerprint density at radius 1 is 0.750 bits per heavy atom. The van der Waals surface area contributed by atoms with Crippen LogP contribution in [0.1, 0.15) is 46.5 Å². The molecule has 0 spiro atoms. The first kappa shape index (κ1) is 15.9. The van der Waals surface area contributed by atoms with Gasteiger partial charge >= 0.3 is 0 Å². The van der Waals surface area contributed by atoms with Crippen LogP contribution in [0.3, 0.4) is 0 Å². The highest BCUT2D eigenvalue weighted by atomic mass is 14.9. The molecule has 0 atom stereocenters. The molecule has 3 nitrogen and oxygen atoms in total. The maximum absolute atomic E-state index is 3.47. The van der Waals surface area contributed by atoms with Gasteiger partial charge in [-0.1, -0.05) is 27.2 Å². The molecule has 0 aromatic rings. The van der Waals surface area contributed by atoms with Gasteiger partial charge in [0, 0.05) is 6.04 Å². The predicted molar refractivity (Wildman–Crippen MR) is 73.0 cm³/mol. The van der Waals surface area contributed by atoms with Gasteiger partial charge in [0.25, 0.3) is 0 Å². The summed E-state index contributed by atoms with van der Waals surface area (Å²) >= 11 is 0. The zero-order valence-electron chi connectivity index (χ0n) is 11.4. The lowest BCUT2D eigenvalue weighted by Crippen LogP contribution is -2.28. The minimum Gasteiger partial charge on any atom is -0.317 e. The molecule has 0 amide bonds. The largest absolute Gasteiger partial charge is 0.317 e. The van der Waals surface area contributed by atoms with Crippen molar-refractivity contribution in [3.05, 3.63) is 0 Å². The fourth-order valence-electron chi connectivity index (χ4n) is 1.49. The van der Waals surface area contributed by atoms with Crippen molar-refractivity contribution in [1.82, 2.24) is 16.0 Å². The monoisotopic (exact) mass is 229 g/mol. The summed E-state index contributed by atoms with van der Waals surface area (Å²) < 4.78 is 0. The van der Waals surface area contributed by atoms with Crippen molar-refractivity contribution in [3.8, 4) is 0 Å². The van der Waals surface area contributed by atoms with Crippen molar-refractivity contribution in [1.29, 1.82) is 0 Å². The average molecular weight is 229 g/mol. The van der Waals surface area contributed by atoms with E-state index in [0.29, 0.717) is 6.04 Å². The molecule has 0 bridgehead atoms. The molecule has 98 valence electrons. The van der Waals surface area contributed by atoms with Crippen molar-refractivity contribution < 1.29 is 0 Å². The number of unbranched alkanes of at least 4 members (excludes halogenated alkanes) is 1. The lowest BCUT2D eigenvalue weighted by atomic mass is 10.3. The Kier molecular flexibility index (Phi) is 12.9. The van der Waals surface area contributed by atoms with E-state index in [2.05, 4.69) is 36.7 Å². The molecule has 0 heterocycles. The van der Waals surface area contributed by atoms with Crippen molar-refractivity contribution in [2.24, 2.45) is 0 Å². The fourth-order valence-corrected chi connectivity index (χ4v) is 1.49. The van der Waals surface area contributed by atoms with Crippen LogP contribution in [0, 0.1) is 0 Å². The first-order valence-electron chi connectivity index (χ1n) is 6.92. The van der Waals surface area contributed by atoms with Gasteiger partial charge in [-0.15, -0.1) is 0 Å². The molecular formula is C13H31N3. The van der Waals surface area contributed by atoms with Gasteiger partial charge in [0.05, 0.1) is 0 Å². The van der Waals surface area contributed by atoms with E-state index in [1.807, 2.05) is 0 Å². The van der Waals surface area contributed by atoms with E-state index in [0.717, 1.165) is 26.2 Å². The van der Waals surface area contributed by atoms with Gasteiger partial charge in [-0.25, -0.2) is 0 Å². The molecule has 0 aromatic heterocycles. The van der Waals surface area contributed by atoms with Crippen LogP contribution in [-0.4, -0.2) is 38.8 Å². The standard InChI is InChI=1S/C13H31N3/c1-4-5-8-14-9-6-10-15-11-7-12-16-13(2)3/h13-16H,4-12H2,1-3H3. The Morgan fingerprint density at radius 2 is 1.25 bits per heavy atom. The summed E-state index contributed by atoms with van der Waals surface area (Å²) in [6.45, 7) is 12.3. The topological polar surface area (TPSA) is 36.1 Å². The van der Waals surface area contributed by atoms with E-state index in [9.17, 15) is 0 Å². The van der Waals surface area contributed by atoms with Gasteiger partial charge in [0.1, 0.15) is 0 Å². The van der Waals surface area contributed by atoms with E-state index >= 15 is 0 Å². The van der Waals surface area contributed by atoms with Gasteiger partial charge in [0.15, 0.2) is 0 Å². The van der Waals surface area contributed by atoms with Crippen LogP contribution in [0.2, 0.25) is 0 Å². The summed E-state index contributed by atoms with van der Waals surface area (Å²) in [6.07, 6.45) is 5.05. The maximum Gasteiger partial charge on any atom is 0.00103 e. The third-order valence-corrected chi connectivity index (χ3v) is 2.50. The lowest BCUT2D eigenvalue weighted by Gasteiger charge is -2.08. The average Bonchev–Trinajstić information content (AvgIpc) is 2.25. The van der Waals surface area contributed by atoms with Gasteiger partial charge in [-0.3, -0.25) is 0 Å². The highest BCUT2D eigenvalue weighted by Gasteiger charge is 1.92. The number of hydrogen-bond acceptors (Lipinski definition) is 3. The van der Waals surface area contributed by atoms with Crippen LogP contribution in [0.5, 0.6) is 0 Å². The van der Waals surface area contributed by atoms with Gasteiger partial charge < -0.3 is 16.0 Å². The lowest BCUT2D eigenvalue weighted by molar-refractivity contribution is 0.535. The second-order valence-corrected chi connectivity index (χ2v) is 4.67. The molecular weight excluding hydrogens is 198 g/mol. The van der Waals surface area contributed by atoms with Crippen molar-refractivity contribution >= 4 is 0 Å². The normalized spacial score (nSPS) is 11.2. The third-order valence-electron chi connectivity index (χ3n) is 2.50. The predicted octanol–water partition coefficient (Wildman–Crippen LogP) is 1.74. The molecule has 0 rings (SSSR count). The van der Waals surface area contributed by atoms with Crippen molar-refractivity contribution in [2.45, 2.75) is 52.5 Å². The molecule has 0 saturated carbocycles. The van der Waals surface area contributed by atoms with Gasteiger partial charge in [-0.05, 0) is 52.0 Å². The summed E-state index contributed by atoms with van der Waals surface area (Å²) in [7, 11) is 0. The first-order valence-corrected chi connectivity index (χ1v) is 6.92. The molecule has 0 radical (unpaired) electrons. The molecule has 0 fully saturated rings. The van der Waals surface area contributed by atoms with Gasteiger partial charge in [0.2, 0.25) is 0 Å². The third kappa shape index (κ3) is 13.9. The minimum absolute atomic E-state index is 0.614. The Hall–Kier alpha value is -0.120. The number of rotatable bonds is 12. The molecule has 0 unspecified atom stereocenters. The quantitative estimate of drug-likeness (QED) is 0.446. The zero-order valence-corrected chi connectivity index (χ0v) is 11.4. The summed E-state index contributed by atoms with van der Waals surface area (Å²) in [5.41, 5.74) is 0. The van der Waals surface area contributed by atoms with Crippen LogP contribution in [0.15, 0.2) is 0 Å². The van der Waals surface area contributed by atoms with Crippen LogP contribution >= 0.6 is 0 Å². The Bertz CT molecular complexity index is 126. The molecule has 16 heavy (non-hydrogen) atoms. The van der Waals surface area contributed by atoms with E-state index in [1.54, 1.807) is 0 Å². The molecule has 0 aliphatic carbocycles. The van der Waals surface area contributed by atoms with Crippen LogP contribution in [0.4, 0.5) is 0 Å². The Morgan fingerprint density at radius 3 is 1.75 bits per heavy atom. The summed E-state index contributed by atoms with van der Waals surface area (Å²) in [6, 6.07) is 0.614. The minimum atomic E-state index is 0.614. The smallest absolute Gasteiger partial charge is 0.00103 e. The Labute approximate surface area is 102 Å². The SMILES string of the molecule is CCCCNCCCNCCCNC(C)C. The van der Waals surface area contributed by atoms with Gasteiger partial charge in [-0.2, -0.15) is 0 Å². The highest BCUT2D eigenvalue weighted by Crippen LogP contribution is 1.83. The number of hydrogen-bond donors (Lipinski definition) is 3. The summed E-state index contributed by atoms with van der Waals surface area (Å²) in [4.78, 5) is 0. The summed E-state index contributed by atoms with van der Waals surface area (Å²) in [5, 5.41) is 10.3. The second kappa shape index (κ2) is 12.9. The zero-order chi connectivity index (χ0) is 12.1. The van der Waals surface area contributed by atoms with Crippen LogP contribution in [-0.2, 0) is 0 Å². The molecule has 3 heteroatoms. The molecule has 0 aliphatic heterocycles. The molecule has 0 aliphatic rings. The van der Waals surface area contributed by atoms with Crippen LogP contribution < -0.4 is 16.0 Å². The molecule has 3 N–H and O–H groups in total.